The predicted octanol–water partition coefficient (Wildman–Crippen LogP) is 2.60. The molecule has 0 aliphatic rings. The third-order valence-corrected chi connectivity index (χ3v) is 3.00. The van der Waals surface area contributed by atoms with Gasteiger partial charge in [0.15, 0.2) is 5.82 Å². The van der Waals surface area contributed by atoms with Crippen LogP contribution < -0.4 is 5.32 Å². The Bertz CT molecular complexity index is 544. The van der Waals surface area contributed by atoms with Gasteiger partial charge in [-0.2, -0.15) is 4.98 Å². The molecule has 1 heterocycles. The van der Waals surface area contributed by atoms with Crippen molar-refractivity contribution in [2.45, 2.75) is 19.3 Å². The highest BCUT2D eigenvalue weighted by Gasteiger charge is 2.11. The molecule has 1 aromatic carbocycles. The fraction of sp³-hybridized carbons (Fsp3) is 0.385. The number of hydrogen-bond donors (Lipinski definition) is 1. The molecular formula is C13H15ClFN3O. The molecule has 1 aromatic heterocycles. The van der Waals surface area contributed by atoms with E-state index in [0.29, 0.717) is 23.7 Å². The van der Waals surface area contributed by atoms with Crippen LogP contribution in [0.1, 0.15) is 23.7 Å². The summed E-state index contributed by atoms with van der Waals surface area (Å²) in [6, 6.07) is 4.88. The summed E-state index contributed by atoms with van der Waals surface area (Å²) in [5, 5.41) is 7.00. The Morgan fingerprint density at radius 3 is 3.05 bits per heavy atom. The maximum atomic E-state index is 13.7. The van der Waals surface area contributed by atoms with E-state index in [0.717, 1.165) is 13.0 Å². The van der Waals surface area contributed by atoms with Crippen LogP contribution in [0.4, 0.5) is 4.39 Å². The standard InChI is InChI=1S/C13H15ClFN3O/c1-16-7-3-6-12-17-11(18-19-12)8-9-4-2-5-10(14)13(9)15/h2,4-5,16H,3,6-8H2,1H3. The quantitative estimate of drug-likeness (QED) is 0.828. The van der Waals surface area contributed by atoms with Crippen molar-refractivity contribution in [1.29, 1.82) is 0 Å². The second kappa shape index (κ2) is 6.63. The van der Waals surface area contributed by atoms with E-state index in [1.807, 2.05) is 7.05 Å². The average Bonchev–Trinajstić information content (AvgIpc) is 2.83. The van der Waals surface area contributed by atoms with Crippen molar-refractivity contribution in [3.8, 4) is 0 Å². The highest BCUT2D eigenvalue weighted by molar-refractivity contribution is 6.30. The highest BCUT2D eigenvalue weighted by atomic mass is 35.5. The van der Waals surface area contributed by atoms with E-state index < -0.39 is 5.82 Å². The first-order valence-electron chi connectivity index (χ1n) is 6.09. The fourth-order valence-electron chi connectivity index (χ4n) is 1.74. The first-order valence-corrected chi connectivity index (χ1v) is 6.47. The number of aryl methyl sites for hydroxylation is 1. The van der Waals surface area contributed by atoms with Crippen molar-refractivity contribution in [3.05, 3.63) is 46.3 Å². The Hall–Kier alpha value is -1.46. The molecule has 0 radical (unpaired) electrons. The molecule has 0 aliphatic carbocycles. The Balaban J connectivity index is 2.01. The van der Waals surface area contributed by atoms with Crippen LogP contribution >= 0.6 is 11.6 Å². The lowest BCUT2D eigenvalue weighted by molar-refractivity contribution is 0.370. The summed E-state index contributed by atoms with van der Waals surface area (Å²) >= 11 is 5.72. The van der Waals surface area contributed by atoms with Gasteiger partial charge in [0.05, 0.1) is 5.02 Å². The summed E-state index contributed by atoms with van der Waals surface area (Å²) in [5.41, 5.74) is 0.468. The maximum absolute atomic E-state index is 13.7. The zero-order valence-corrected chi connectivity index (χ0v) is 11.4. The van der Waals surface area contributed by atoms with Crippen molar-refractivity contribution in [3.63, 3.8) is 0 Å². The average molecular weight is 284 g/mol. The van der Waals surface area contributed by atoms with E-state index >= 15 is 0 Å². The van der Waals surface area contributed by atoms with Crippen molar-refractivity contribution >= 4 is 11.6 Å². The molecule has 0 atom stereocenters. The van der Waals surface area contributed by atoms with Gasteiger partial charge in [0.1, 0.15) is 5.82 Å². The maximum Gasteiger partial charge on any atom is 0.226 e. The van der Waals surface area contributed by atoms with Gasteiger partial charge in [0.2, 0.25) is 5.89 Å². The van der Waals surface area contributed by atoms with Crippen molar-refractivity contribution < 1.29 is 8.91 Å². The minimum absolute atomic E-state index is 0.107. The first kappa shape index (κ1) is 14.0. The van der Waals surface area contributed by atoms with Gasteiger partial charge in [0, 0.05) is 12.8 Å². The Morgan fingerprint density at radius 2 is 2.26 bits per heavy atom. The number of nitrogens with one attached hydrogen (secondary N) is 1. The fourth-order valence-corrected chi connectivity index (χ4v) is 1.93. The van der Waals surface area contributed by atoms with Gasteiger partial charge in [0.25, 0.3) is 0 Å². The van der Waals surface area contributed by atoms with E-state index in [9.17, 15) is 4.39 Å². The number of benzene rings is 1. The molecule has 0 amide bonds. The van der Waals surface area contributed by atoms with Crippen LogP contribution in [0, 0.1) is 5.82 Å². The lowest BCUT2D eigenvalue weighted by Crippen LogP contribution is -2.08. The second-order valence-corrected chi connectivity index (χ2v) is 4.61. The zero-order chi connectivity index (χ0) is 13.7. The molecule has 0 unspecified atom stereocenters. The van der Waals surface area contributed by atoms with Gasteiger partial charge in [-0.25, -0.2) is 4.39 Å². The monoisotopic (exact) mass is 283 g/mol. The summed E-state index contributed by atoms with van der Waals surface area (Å²) < 4.78 is 18.8. The molecule has 2 aromatic rings. The Morgan fingerprint density at radius 1 is 1.42 bits per heavy atom. The molecule has 102 valence electrons. The van der Waals surface area contributed by atoms with Crippen LogP contribution in [0.15, 0.2) is 22.7 Å². The SMILES string of the molecule is CNCCCc1nc(Cc2cccc(Cl)c2F)no1. The molecule has 1 N–H and O–H groups in total. The summed E-state index contributed by atoms with van der Waals surface area (Å²) in [6.07, 6.45) is 1.91. The number of aromatic nitrogens is 2. The van der Waals surface area contributed by atoms with Crippen LogP contribution in [0.3, 0.4) is 0 Å². The normalized spacial score (nSPS) is 10.9. The topological polar surface area (TPSA) is 51.0 Å². The summed E-state index contributed by atoms with van der Waals surface area (Å²) in [4.78, 5) is 4.23. The predicted molar refractivity (Wildman–Crippen MR) is 70.8 cm³/mol. The molecule has 0 fully saturated rings. The van der Waals surface area contributed by atoms with E-state index in [1.165, 1.54) is 6.07 Å². The van der Waals surface area contributed by atoms with Crippen LogP contribution in [0.5, 0.6) is 0 Å². The number of halogens is 2. The Kier molecular flexibility index (Phi) is 4.87. The summed E-state index contributed by atoms with van der Waals surface area (Å²) in [6.45, 7) is 0.890. The summed E-state index contributed by atoms with van der Waals surface area (Å²) in [5.74, 6) is 0.624. The number of rotatable bonds is 6. The lowest BCUT2D eigenvalue weighted by Gasteiger charge is -2.00. The van der Waals surface area contributed by atoms with Gasteiger partial charge in [-0.1, -0.05) is 28.9 Å². The molecule has 6 heteroatoms. The molecule has 0 saturated heterocycles. The van der Waals surface area contributed by atoms with Crippen molar-refractivity contribution in [2.24, 2.45) is 0 Å². The minimum Gasteiger partial charge on any atom is -0.339 e. The van der Waals surface area contributed by atoms with E-state index in [4.69, 9.17) is 16.1 Å². The van der Waals surface area contributed by atoms with Gasteiger partial charge >= 0.3 is 0 Å². The van der Waals surface area contributed by atoms with Crippen molar-refractivity contribution in [2.75, 3.05) is 13.6 Å². The summed E-state index contributed by atoms with van der Waals surface area (Å²) in [7, 11) is 1.89. The highest BCUT2D eigenvalue weighted by Crippen LogP contribution is 2.19. The van der Waals surface area contributed by atoms with Crippen LogP contribution in [0.2, 0.25) is 5.02 Å². The smallest absolute Gasteiger partial charge is 0.226 e. The molecular weight excluding hydrogens is 269 g/mol. The molecule has 0 saturated carbocycles. The van der Waals surface area contributed by atoms with Gasteiger partial charge in [-0.15, -0.1) is 0 Å². The lowest BCUT2D eigenvalue weighted by atomic mass is 10.1. The molecule has 0 spiro atoms. The van der Waals surface area contributed by atoms with Crippen LogP contribution in [-0.2, 0) is 12.8 Å². The van der Waals surface area contributed by atoms with Gasteiger partial charge in [-0.05, 0) is 31.6 Å². The van der Waals surface area contributed by atoms with Crippen LogP contribution in [0.25, 0.3) is 0 Å². The van der Waals surface area contributed by atoms with Gasteiger partial charge in [-0.3, -0.25) is 0 Å². The van der Waals surface area contributed by atoms with E-state index in [-0.39, 0.29) is 11.4 Å². The molecule has 19 heavy (non-hydrogen) atoms. The largest absolute Gasteiger partial charge is 0.339 e. The third-order valence-electron chi connectivity index (χ3n) is 2.71. The number of hydrogen-bond acceptors (Lipinski definition) is 4. The van der Waals surface area contributed by atoms with Gasteiger partial charge < -0.3 is 9.84 Å². The van der Waals surface area contributed by atoms with Crippen molar-refractivity contribution in [1.82, 2.24) is 15.5 Å². The molecule has 4 nitrogen and oxygen atoms in total. The third kappa shape index (κ3) is 3.75. The molecule has 2 rings (SSSR count). The molecule has 0 bridgehead atoms. The minimum atomic E-state index is -0.425. The van der Waals surface area contributed by atoms with E-state index in [1.54, 1.807) is 12.1 Å². The first-order chi connectivity index (χ1) is 9.20. The van der Waals surface area contributed by atoms with E-state index in [2.05, 4.69) is 15.5 Å². The number of nitrogens with zero attached hydrogens (tertiary/aromatic N) is 2. The second-order valence-electron chi connectivity index (χ2n) is 4.20. The van der Waals surface area contributed by atoms with Crippen LogP contribution in [-0.4, -0.2) is 23.7 Å². The zero-order valence-electron chi connectivity index (χ0n) is 10.6. The molecule has 0 aliphatic heterocycles. The Labute approximate surface area is 116 Å².